The molecular formula is C15H21ClFN3O2. The second kappa shape index (κ2) is 8.70. The monoisotopic (exact) mass is 329 g/mol. The van der Waals surface area contributed by atoms with Gasteiger partial charge in [-0.3, -0.25) is 9.59 Å². The third-order valence-electron chi connectivity index (χ3n) is 3.57. The van der Waals surface area contributed by atoms with Crippen molar-refractivity contribution < 1.29 is 14.0 Å². The molecule has 1 heterocycles. The fourth-order valence-electron chi connectivity index (χ4n) is 2.22. The van der Waals surface area contributed by atoms with Crippen LogP contribution in [0.5, 0.6) is 0 Å². The molecule has 0 radical (unpaired) electrons. The maximum absolute atomic E-state index is 13.4. The minimum Gasteiger partial charge on any atom is -0.354 e. The van der Waals surface area contributed by atoms with Crippen molar-refractivity contribution in [3.05, 3.63) is 35.1 Å². The van der Waals surface area contributed by atoms with E-state index >= 15 is 0 Å². The molecule has 0 aromatic heterocycles. The molecule has 3 N–H and O–H groups in total. The van der Waals surface area contributed by atoms with Crippen molar-refractivity contribution >= 4 is 24.2 Å². The zero-order chi connectivity index (χ0) is 15.2. The Morgan fingerprint density at radius 3 is 2.68 bits per heavy atom. The van der Waals surface area contributed by atoms with Gasteiger partial charge in [0.1, 0.15) is 5.82 Å². The molecule has 2 rings (SSSR count). The second-order valence-corrected chi connectivity index (χ2v) is 5.20. The molecule has 1 saturated heterocycles. The highest BCUT2D eigenvalue weighted by molar-refractivity contribution is 5.94. The number of rotatable bonds is 5. The molecule has 1 aliphatic heterocycles. The first kappa shape index (κ1) is 18.4. The number of carbonyl (C=O) groups is 2. The highest BCUT2D eigenvalue weighted by Gasteiger charge is 2.21. The molecule has 1 aromatic rings. The van der Waals surface area contributed by atoms with Crippen LogP contribution in [0.1, 0.15) is 22.3 Å². The molecule has 2 amide bonds. The van der Waals surface area contributed by atoms with Crippen molar-refractivity contribution in [1.82, 2.24) is 16.0 Å². The lowest BCUT2D eigenvalue weighted by Gasteiger charge is -2.10. The fraction of sp³-hybridized carbons (Fsp3) is 0.467. The summed E-state index contributed by atoms with van der Waals surface area (Å²) >= 11 is 0. The Morgan fingerprint density at radius 1 is 1.32 bits per heavy atom. The average molecular weight is 330 g/mol. The van der Waals surface area contributed by atoms with Gasteiger partial charge >= 0.3 is 0 Å². The van der Waals surface area contributed by atoms with Crippen LogP contribution in [-0.4, -0.2) is 38.0 Å². The highest BCUT2D eigenvalue weighted by atomic mass is 35.5. The summed E-state index contributed by atoms with van der Waals surface area (Å²) in [7, 11) is 0. The number of aryl methyl sites for hydroxylation is 1. The zero-order valence-electron chi connectivity index (χ0n) is 12.4. The van der Waals surface area contributed by atoms with E-state index in [0.29, 0.717) is 25.2 Å². The predicted octanol–water partition coefficient (Wildman–Crippen LogP) is 1.01. The second-order valence-electron chi connectivity index (χ2n) is 5.20. The van der Waals surface area contributed by atoms with E-state index < -0.39 is 5.82 Å². The third kappa shape index (κ3) is 4.96. The quantitative estimate of drug-likeness (QED) is 0.706. The summed E-state index contributed by atoms with van der Waals surface area (Å²) < 4.78 is 13.4. The van der Waals surface area contributed by atoms with Gasteiger partial charge in [-0.25, -0.2) is 4.39 Å². The zero-order valence-corrected chi connectivity index (χ0v) is 13.3. The van der Waals surface area contributed by atoms with Crippen LogP contribution in [0.3, 0.4) is 0 Å². The first-order valence-corrected chi connectivity index (χ1v) is 7.10. The average Bonchev–Trinajstić information content (AvgIpc) is 3.00. The summed E-state index contributed by atoms with van der Waals surface area (Å²) in [6.07, 6.45) is 0.848. The highest BCUT2D eigenvalue weighted by Crippen LogP contribution is 2.09. The Labute approximate surface area is 135 Å². The maximum atomic E-state index is 13.4. The van der Waals surface area contributed by atoms with Crippen molar-refractivity contribution in [1.29, 1.82) is 0 Å². The van der Waals surface area contributed by atoms with Crippen molar-refractivity contribution in [3.8, 4) is 0 Å². The van der Waals surface area contributed by atoms with E-state index in [2.05, 4.69) is 16.0 Å². The molecule has 22 heavy (non-hydrogen) atoms. The smallest absolute Gasteiger partial charge is 0.251 e. The van der Waals surface area contributed by atoms with Gasteiger partial charge in [0.15, 0.2) is 0 Å². The molecule has 5 nitrogen and oxygen atoms in total. The van der Waals surface area contributed by atoms with Gasteiger partial charge in [-0.1, -0.05) is 6.07 Å². The summed E-state index contributed by atoms with van der Waals surface area (Å²) in [5, 5.41) is 8.57. The molecule has 1 atom stereocenters. The van der Waals surface area contributed by atoms with Gasteiger partial charge in [0.2, 0.25) is 5.91 Å². The Balaban J connectivity index is 0.00000242. The van der Waals surface area contributed by atoms with Crippen molar-refractivity contribution in [2.75, 3.05) is 26.2 Å². The van der Waals surface area contributed by atoms with E-state index in [1.807, 2.05) is 0 Å². The molecule has 1 aliphatic rings. The number of hydrogen-bond donors (Lipinski definition) is 3. The number of nitrogens with one attached hydrogen (secondary N) is 3. The molecule has 1 fully saturated rings. The van der Waals surface area contributed by atoms with E-state index in [-0.39, 0.29) is 35.7 Å². The lowest BCUT2D eigenvalue weighted by molar-refractivity contribution is -0.124. The first-order valence-electron chi connectivity index (χ1n) is 7.10. The Kier molecular flexibility index (Phi) is 7.27. The van der Waals surface area contributed by atoms with Gasteiger partial charge in [-0.15, -0.1) is 12.4 Å². The number of benzene rings is 1. The van der Waals surface area contributed by atoms with Crippen molar-refractivity contribution in [2.24, 2.45) is 5.92 Å². The summed E-state index contributed by atoms with van der Waals surface area (Å²) in [4.78, 5) is 23.5. The SMILES string of the molecule is Cc1ccc(C(=O)NCCNC(=O)C2CCNC2)cc1F.Cl. The van der Waals surface area contributed by atoms with Crippen LogP contribution in [0.15, 0.2) is 18.2 Å². The lowest BCUT2D eigenvalue weighted by atomic mass is 10.1. The molecule has 1 unspecified atom stereocenters. The molecular weight excluding hydrogens is 309 g/mol. The van der Waals surface area contributed by atoms with Crippen LogP contribution in [-0.2, 0) is 4.79 Å². The normalized spacial score (nSPS) is 16.7. The van der Waals surface area contributed by atoms with Crippen LogP contribution in [0.2, 0.25) is 0 Å². The number of halogens is 2. The van der Waals surface area contributed by atoms with Crippen LogP contribution >= 0.6 is 12.4 Å². The van der Waals surface area contributed by atoms with Crippen LogP contribution < -0.4 is 16.0 Å². The maximum Gasteiger partial charge on any atom is 0.251 e. The Morgan fingerprint density at radius 2 is 2.05 bits per heavy atom. The van der Waals surface area contributed by atoms with E-state index in [4.69, 9.17) is 0 Å². The van der Waals surface area contributed by atoms with Gasteiger partial charge in [-0.2, -0.15) is 0 Å². The van der Waals surface area contributed by atoms with E-state index in [1.165, 1.54) is 6.07 Å². The van der Waals surface area contributed by atoms with Crippen molar-refractivity contribution in [3.63, 3.8) is 0 Å². The third-order valence-corrected chi connectivity index (χ3v) is 3.57. The Hall–Kier alpha value is -1.66. The van der Waals surface area contributed by atoms with Gasteiger partial charge in [0.05, 0.1) is 5.92 Å². The number of carbonyl (C=O) groups excluding carboxylic acids is 2. The largest absolute Gasteiger partial charge is 0.354 e. The van der Waals surface area contributed by atoms with Crippen molar-refractivity contribution in [2.45, 2.75) is 13.3 Å². The summed E-state index contributed by atoms with van der Waals surface area (Å²) in [5.41, 5.74) is 0.786. The van der Waals surface area contributed by atoms with Gasteiger partial charge in [0, 0.05) is 25.2 Å². The van der Waals surface area contributed by atoms with E-state index in [9.17, 15) is 14.0 Å². The minimum absolute atomic E-state index is 0. The van der Waals surface area contributed by atoms with E-state index in [0.717, 1.165) is 13.0 Å². The summed E-state index contributed by atoms with van der Waals surface area (Å²) in [6.45, 7) is 3.91. The molecule has 1 aromatic carbocycles. The predicted molar refractivity (Wildman–Crippen MR) is 84.7 cm³/mol. The molecule has 122 valence electrons. The van der Waals surface area contributed by atoms with Crippen LogP contribution in [0.25, 0.3) is 0 Å². The number of amides is 2. The molecule has 7 heteroatoms. The first-order chi connectivity index (χ1) is 10.1. The van der Waals surface area contributed by atoms with Crippen LogP contribution in [0.4, 0.5) is 4.39 Å². The molecule has 0 aliphatic carbocycles. The topological polar surface area (TPSA) is 70.2 Å². The number of hydrogen-bond acceptors (Lipinski definition) is 3. The minimum atomic E-state index is -0.398. The summed E-state index contributed by atoms with van der Waals surface area (Å²) in [5.74, 6) is -0.710. The van der Waals surface area contributed by atoms with Crippen LogP contribution in [0, 0.1) is 18.7 Å². The van der Waals surface area contributed by atoms with Gasteiger partial charge in [0.25, 0.3) is 5.91 Å². The summed E-state index contributed by atoms with van der Waals surface area (Å²) in [6, 6.07) is 4.36. The Bertz CT molecular complexity index is 534. The van der Waals surface area contributed by atoms with Gasteiger partial charge in [-0.05, 0) is 37.6 Å². The fourth-order valence-corrected chi connectivity index (χ4v) is 2.22. The standard InChI is InChI=1S/C15H20FN3O2.ClH/c1-10-2-3-11(8-13(10)16)14(20)18-6-7-19-15(21)12-4-5-17-9-12;/h2-3,8,12,17H,4-7,9H2,1H3,(H,18,20)(H,19,21);1H. The molecule has 0 bridgehead atoms. The van der Waals surface area contributed by atoms with E-state index in [1.54, 1.807) is 19.1 Å². The molecule has 0 spiro atoms. The van der Waals surface area contributed by atoms with Gasteiger partial charge < -0.3 is 16.0 Å². The lowest BCUT2D eigenvalue weighted by Crippen LogP contribution is -2.38. The molecule has 0 saturated carbocycles.